The molecule has 0 saturated heterocycles. The van der Waals surface area contributed by atoms with Crippen LogP contribution in [-0.2, 0) is 6.42 Å². The lowest BCUT2D eigenvalue weighted by Gasteiger charge is -1.99. The number of hydrogen-bond donors (Lipinski definition) is 0. The highest BCUT2D eigenvalue weighted by Crippen LogP contribution is 2.22. The van der Waals surface area contributed by atoms with Crippen LogP contribution in [0.1, 0.15) is 24.0 Å². The van der Waals surface area contributed by atoms with Crippen molar-refractivity contribution in [2.24, 2.45) is 0 Å². The van der Waals surface area contributed by atoms with Crippen LogP contribution in [0.3, 0.4) is 0 Å². The van der Waals surface area contributed by atoms with Gasteiger partial charge in [-0.1, -0.05) is 6.92 Å². The smallest absolute Gasteiger partial charge is 0.170 e. The van der Waals surface area contributed by atoms with Gasteiger partial charge in [0.05, 0.1) is 10.2 Å². The van der Waals surface area contributed by atoms with E-state index in [0.717, 1.165) is 33.6 Å². The van der Waals surface area contributed by atoms with E-state index in [-0.39, 0.29) is 0 Å². The van der Waals surface area contributed by atoms with Gasteiger partial charge in [-0.3, -0.25) is 0 Å². The van der Waals surface area contributed by atoms with Gasteiger partial charge in [0.2, 0.25) is 0 Å². The molecule has 2 heterocycles. The van der Waals surface area contributed by atoms with Gasteiger partial charge in [-0.2, -0.15) is 5.10 Å². The number of halogens is 1. The van der Waals surface area contributed by atoms with Crippen LogP contribution in [0.5, 0.6) is 0 Å². The lowest BCUT2D eigenvalue weighted by atomic mass is 10.3. The number of aryl methyl sites for hydroxylation is 3. The van der Waals surface area contributed by atoms with Gasteiger partial charge >= 0.3 is 0 Å². The van der Waals surface area contributed by atoms with E-state index in [2.05, 4.69) is 32.9 Å². The van der Waals surface area contributed by atoms with Crippen molar-refractivity contribution in [2.75, 3.05) is 0 Å². The summed E-state index contributed by atoms with van der Waals surface area (Å²) in [4.78, 5) is 4.46. The molecule has 2 aromatic heterocycles. The van der Waals surface area contributed by atoms with Crippen molar-refractivity contribution in [1.82, 2.24) is 14.6 Å². The minimum Gasteiger partial charge on any atom is -0.233 e. The lowest BCUT2D eigenvalue weighted by Crippen LogP contribution is -1.97. The quantitative estimate of drug-likeness (QED) is 0.783. The van der Waals surface area contributed by atoms with Gasteiger partial charge in [-0.05, 0) is 42.3 Å². The average molecular weight is 254 g/mol. The summed E-state index contributed by atoms with van der Waals surface area (Å²) in [6, 6.07) is 2.03. The van der Waals surface area contributed by atoms with E-state index < -0.39 is 0 Å². The Morgan fingerprint density at radius 3 is 2.79 bits per heavy atom. The number of nitrogens with zero attached hydrogens (tertiary/aromatic N) is 3. The van der Waals surface area contributed by atoms with E-state index in [1.807, 2.05) is 24.4 Å². The molecule has 0 N–H and O–H groups in total. The van der Waals surface area contributed by atoms with Crippen LogP contribution in [0.25, 0.3) is 5.65 Å². The summed E-state index contributed by atoms with van der Waals surface area (Å²) in [7, 11) is 0. The molecule has 0 atom stereocenters. The molecule has 14 heavy (non-hydrogen) atoms. The molecular weight excluding hydrogens is 242 g/mol. The van der Waals surface area contributed by atoms with Gasteiger partial charge < -0.3 is 0 Å². The van der Waals surface area contributed by atoms with Crippen LogP contribution in [0.2, 0.25) is 0 Å². The first-order valence-electron chi connectivity index (χ1n) is 4.65. The summed E-state index contributed by atoms with van der Waals surface area (Å²) in [6.07, 6.45) is 0.919. The first-order valence-corrected chi connectivity index (χ1v) is 5.44. The molecule has 0 fully saturated rings. The second-order valence-electron chi connectivity index (χ2n) is 3.39. The highest BCUT2D eigenvalue weighted by atomic mass is 79.9. The zero-order valence-electron chi connectivity index (χ0n) is 8.50. The normalized spacial score (nSPS) is 11.1. The van der Waals surface area contributed by atoms with Gasteiger partial charge in [0, 0.05) is 11.4 Å². The summed E-state index contributed by atoms with van der Waals surface area (Å²) in [5.74, 6) is 0. The van der Waals surface area contributed by atoms with Crippen LogP contribution in [0.15, 0.2) is 10.5 Å². The van der Waals surface area contributed by atoms with Crippen LogP contribution in [0, 0.1) is 13.8 Å². The Labute approximate surface area is 91.3 Å². The summed E-state index contributed by atoms with van der Waals surface area (Å²) >= 11 is 3.53. The second kappa shape index (κ2) is 3.35. The molecule has 0 amide bonds. The predicted molar refractivity (Wildman–Crippen MR) is 59.5 cm³/mol. The van der Waals surface area contributed by atoms with E-state index in [9.17, 15) is 0 Å². The average Bonchev–Trinajstić information content (AvgIpc) is 2.44. The fourth-order valence-electron chi connectivity index (χ4n) is 1.57. The van der Waals surface area contributed by atoms with E-state index in [4.69, 9.17) is 0 Å². The number of hydrogen-bond acceptors (Lipinski definition) is 2. The Balaban J connectivity index is 2.85. The monoisotopic (exact) mass is 253 g/mol. The lowest BCUT2D eigenvalue weighted by molar-refractivity contribution is 0.850. The van der Waals surface area contributed by atoms with Gasteiger partial charge in [-0.15, -0.1) is 0 Å². The van der Waals surface area contributed by atoms with E-state index in [1.54, 1.807) is 0 Å². The molecular formula is C10H12BrN3. The first-order chi connectivity index (χ1) is 6.63. The maximum absolute atomic E-state index is 4.48. The van der Waals surface area contributed by atoms with E-state index in [1.165, 1.54) is 0 Å². The highest BCUT2D eigenvalue weighted by Gasteiger charge is 2.11. The van der Waals surface area contributed by atoms with Crippen molar-refractivity contribution in [3.05, 3.63) is 27.6 Å². The largest absolute Gasteiger partial charge is 0.233 e. The molecule has 0 aliphatic rings. The van der Waals surface area contributed by atoms with Crippen LogP contribution in [0.4, 0.5) is 0 Å². The van der Waals surface area contributed by atoms with Crippen molar-refractivity contribution in [3.63, 3.8) is 0 Å². The van der Waals surface area contributed by atoms with Gasteiger partial charge in [-0.25, -0.2) is 9.50 Å². The van der Waals surface area contributed by atoms with Crippen LogP contribution < -0.4 is 0 Å². The molecule has 2 rings (SSSR count). The minimum absolute atomic E-state index is 0.916. The first kappa shape index (κ1) is 9.65. The Bertz CT molecular complexity index is 488. The van der Waals surface area contributed by atoms with Gasteiger partial charge in [0.1, 0.15) is 0 Å². The molecule has 3 nitrogen and oxygen atoms in total. The molecule has 0 aliphatic heterocycles. The summed E-state index contributed by atoms with van der Waals surface area (Å²) in [6.45, 7) is 6.13. The number of aromatic nitrogens is 3. The summed E-state index contributed by atoms with van der Waals surface area (Å²) in [5, 5.41) is 4.48. The zero-order valence-corrected chi connectivity index (χ0v) is 10.1. The van der Waals surface area contributed by atoms with Crippen molar-refractivity contribution >= 4 is 21.6 Å². The Kier molecular flexibility index (Phi) is 2.31. The molecule has 0 saturated carbocycles. The Morgan fingerprint density at radius 2 is 2.14 bits per heavy atom. The van der Waals surface area contributed by atoms with Crippen LogP contribution in [-0.4, -0.2) is 14.6 Å². The molecule has 4 heteroatoms. The third-order valence-electron chi connectivity index (χ3n) is 2.24. The fraction of sp³-hybridized carbons (Fsp3) is 0.400. The summed E-state index contributed by atoms with van der Waals surface area (Å²) in [5.41, 5.74) is 4.12. The molecule has 0 spiro atoms. The predicted octanol–water partition coefficient (Wildman–Crippen LogP) is 2.67. The van der Waals surface area contributed by atoms with Crippen molar-refractivity contribution in [3.8, 4) is 0 Å². The molecule has 0 unspecified atom stereocenters. The summed E-state index contributed by atoms with van der Waals surface area (Å²) < 4.78 is 2.91. The standard InChI is InChI=1S/C10H12BrN3/c1-4-8-9(11)10-12-6(2)5-7(3)14(10)13-8/h5H,4H2,1-3H3. The topological polar surface area (TPSA) is 30.2 Å². The van der Waals surface area contributed by atoms with Gasteiger partial charge in [0.15, 0.2) is 5.65 Å². The third-order valence-corrected chi connectivity index (χ3v) is 3.05. The number of fused-ring (bicyclic) bond motifs is 1. The third kappa shape index (κ3) is 1.34. The Morgan fingerprint density at radius 1 is 1.43 bits per heavy atom. The van der Waals surface area contributed by atoms with Crippen LogP contribution >= 0.6 is 15.9 Å². The molecule has 2 aromatic rings. The van der Waals surface area contributed by atoms with Crippen molar-refractivity contribution in [1.29, 1.82) is 0 Å². The molecule has 0 bridgehead atoms. The van der Waals surface area contributed by atoms with E-state index >= 15 is 0 Å². The molecule has 0 aromatic carbocycles. The maximum atomic E-state index is 4.48. The van der Waals surface area contributed by atoms with Crippen molar-refractivity contribution < 1.29 is 0 Å². The highest BCUT2D eigenvalue weighted by molar-refractivity contribution is 9.10. The fourth-order valence-corrected chi connectivity index (χ4v) is 2.18. The molecule has 74 valence electrons. The van der Waals surface area contributed by atoms with Gasteiger partial charge in [0.25, 0.3) is 0 Å². The number of rotatable bonds is 1. The van der Waals surface area contributed by atoms with Crippen molar-refractivity contribution in [2.45, 2.75) is 27.2 Å². The molecule has 0 aliphatic carbocycles. The van der Waals surface area contributed by atoms with E-state index in [0.29, 0.717) is 0 Å². The SMILES string of the molecule is CCc1nn2c(C)cc(C)nc2c1Br. The second-order valence-corrected chi connectivity index (χ2v) is 4.18. The Hall–Kier alpha value is -0.900. The zero-order chi connectivity index (χ0) is 10.3. The molecule has 0 radical (unpaired) electrons. The maximum Gasteiger partial charge on any atom is 0.170 e. The minimum atomic E-state index is 0.916.